The summed E-state index contributed by atoms with van der Waals surface area (Å²) in [6.45, 7) is -0.298. The summed E-state index contributed by atoms with van der Waals surface area (Å²) in [7, 11) is 0. The summed E-state index contributed by atoms with van der Waals surface area (Å²) in [5, 5.41) is 8.25. The van der Waals surface area contributed by atoms with E-state index in [9.17, 15) is 14.0 Å². The molecule has 1 N–H and O–H groups in total. The van der Waals surface area contributed by atoms with Crippen molar-refractivity contribution in [2.75, 3.05) is 11.9 Å². The van der Waals surface area contributed by atoms with Crippen molar-refractivity contribution in [2.24, 2.45) is 5.10 Å². The summed E-state index contributed by atoms with van der Waals surface area (Å²) >= 11 is 5.55. The number of halogens is 3. The first-order valence-corrected chi connectivity index (χ1v) is 14.5. The molecular formula is C31H19BrFIN4O4. The summed E-state index contributed by atoms with van der Waals surface area (Å²) in [5.41, 5.74) is 1.60. The summed E-state index contributed by atoms with van der Waals surface area (Å²) in [6, 6.07) is 25.7. The Labute approximate surface area is 260 Å². The number of aromatic nitrogens is 2. The topological polar surface area (TPSA) is 98.7 Å². The van der Waals surface area contributed by atoms with Crippen molar-refractivity contribution in [3.8, 4) is 17.3 Å². The van der Waals surface area contributed by atoms with Crippen LogP contribution >= 0.6 is 38.5 Å². The molecule has 8 nitrogen and oxygen atoms in total. The maximum atomic E-state index is 13.8. The van der Waals surface area contributed by atoms with Gasteiger partial charge in [0.2, 0.25) is 5.82 Å². The first-order valence-electron chi connectivity index (χ1n) is 12.6. The lowest BCUT2D eigenvalue weighted by Crippen LogP contribution is -2.21. The van der Waals surface area contributed by atoms with Gasteiger partial charge in [-0.05, 0) is 94.9 Å². The molecule has 0 spiro atoms. The maximum absolute atomic E-state index is 13.8. The van der Waals surface area contributed by atoms with Crippen molar-refractivity contribution in [3.63, 3.8) is 0 Å². The van der Waals surface area contributed by atoms with E-state index in [4.69, 9.17) is 14.1 Å². The largest absolute Gasteiger partial charge is 0.483 e. The van der Waals surface area contributed by atoms with E-state index in [0.717, 1.165) is 9.86 Å². The lowest BCUT2D eigenvalue weighted by atomic mass is 10.2. The van der Waals surface area contributed by atoms with Crippen LogP contribution in [-0.2, 0) is 4.79 Å². The van der Waals surface area contributed by atoms with Crippen molar-refractivity contribution in [2.45, 2.75) is 0 Å². The maximum Gasteiger partial charge on any atom is 0.282 e. The fourth-order valence-electron chi connectivity index (χ4n) is 4.25. The lowest BCUT2D eigenvalue weighted by molar-refractivity contribution is -0.118. The Balaban J connectivity index is 1.27. The molecule has 0 aliphatic carbocycles. The number of ether oxygens (including phenoxy) is 1. The number of amides is 1. The molecule has 1 amide bonds. The van der Waals surface area contributed by atoms with E-state index in [1.54, 1.807) is 48.5 Å². The molecule has 0 radical (unpaired) electrons. The zero-order valence-corrected chi connectivity index (χ0v) is 25.3. The molecule has 0 bridgehead atoms. The number of furan rings is 1. The van der Waals surface area contributed by atoms with Crippen LogP contribution in [0.25, 0.3) is 33.5 Å². The molecule has 0 saturated carbocycles. The normalized spacial score (nSPS) is 11.4. The van der Waals surface area contributed by atoms with Crippen LogP contribution in [0.5, 0.6) is 5.75 Å². The number of carbonyl (C=O) groups excluding carboxylic acids is 1. The summed E-state index contributed by atoms with van der Waals surface area (Å²) in [6.07, 6.45) is 1.54. The Morgan fingerprint density at radius 1 is 1.07 bits per heavy atom. The van der Waals surface area contributed by atoms with Gasteiger partial charge in [-0.1, -0.05) is 40.2 Å². The average Bonchev–Trinajstić information content (AvgIpc) is 3.40. The number of nitrogens with zero attached hydrogens (tertiary/aromatic N) is 3. The molecule has 2 heterocycles. The van der Waals surface area contributed by atoms with Gasteiger partial charge in [-0.3, -0.25) is 9.59 Å². The molecule has 42 heavy (non-hydrogen) atoms. The number of hydrogen-bond acceptors (Lipinski definition) is 6. The zero-order chi connectivity index (χ0) is 29.2. The van der Waals surface area contributed by atoms with E-state index in [1.807, 2.05) is 30.3 Å². The number of nitrogens with one attached hydrogen (secondary N) is 1. The third-order valence-electron chi connectivity index (χ3n) is 6.24. The molecule has 0 atom stereocenters. The molecule has 4 aromatic carbocycles. The molecule has 6 aromatic rings. The molecular weight excluding hydrogens is 718 g/mol. The smallest absolute Gasteiger partial charge is 0.282 e. The fraction of sp³-hybridized carbons (Fsp3) is 0.0323. The minimum absolute atomic E-state index is 0.0839. The Bertz CT molecular complexity index is 2070. The van der Waals surface area contributed by atoms with E-state index >= 15 is 0 Å². The number of para-hydroxylation sites is 2. The van der Waals surface area contributed by atoms with Gasteiger partial charge in [-0.25, -0.2) is 9.37 Å². The number of fused-ring (bicyclic) bond motifs is 2. The molecule has 0 fully saturated rings. The van der Waals surface area contributed by atoms with Crippen LogP contribution in [0.2, 0.25) is 0 Å². The number of rotatable bonds is 7. The van der Waals surface area contributed by atoms with Gasteiger partial charge in [-0.15, -0.1) is 0 Å². The van der Waals surface area contributed by atoms with Gasteiger partial charge >= 0.3 is 0 Å². The SMILES string of the molecule is O=C(COc1ccc(C=Nn2c(-c3cc4cc(Br)ccc4o3)nc3ccccc3c2=O)cc1I)Nc1ccccc1F. The van der Waals surface area contributed by atoms with E-state index in [2.05, 4.69) is 48.9 Å². The number of carbonyl (C=O) groups is 1. The van der Waals surface area contributed by atoms with Gasteiger partial charge in [0.25, 0.3) is 11.5 Å². The predicted octanol–water partition coefficient (Wildman–Crippen LogP) is 7.22. The van der Waals surface area contributed by atoms with E-state index in [0.29, 0.717) is 37.1 Å². The second-order valence-electron chi connectivity index (χ2n) is 9.11. The molecule has 0 aliphatic heterocycles. The second-order valence-corrected chi connectivity index (χ2v) is 11.2. The van der Waals surface area contributed by atoms with Crippen LogP contribution in [0.15, 0.2) is 110 Å². The van der Waals surface area contributed by atoms with Gasteiger partial charge in [0, 0.05) is 9.86 Å². The van der Waals surface area contributed by atoms with Gasteiger partial charge < -0.3 is 14.5 Å². The first kappa shape index (κ1) is 27.8. The summed E-state index contributed by atoms with van der Waals surface area (Å²) < 4.78 is 28.3. The quantitative estimate of drug-likeness (QED) is 0.138. The highest BCUT2D eigenvalue weighted by Crippen LogP contribution is 2.29. The predicted molar refractivity (Wildman–Crippen MR) is 172 cm³/mol. The highest BCUT2D eigenvalue weighted by Gasteiger charge is 2.17. The summed E-state index contributed by atoms with van der Waals surface area (Å²) in [4.78, 5) is 30.5. The van der Waals surface area contributed by atoms with Crippen molar-refractivity contribution in [1.29, 1.82) is 0 Å². The minimum atomic E-state index is -0.527. The van der Waals surface area contributed by atoms with Crippen LogP contribution in [0.1, 0.15) is 5.56 Å². The van der Waals surface area contributed by atoms with Gasteiger partial charge in [0.1, 0.15) is 17.1 Å². The van der Waals surface area contributed by atoms with Crippen molar-refractivity contribution in [1.82, 2.24) is 9.66 Å². The van der Waals surface area contributed by atoms with Crippen LogP contribution in [0.3, 0.4) is 0 Å². The van der Waals surface area contributed by atoms with Crippen molar-refractivity contribution in [3.05, 3.63) is 121 Å². The molecule has 11 heteroatoms. The molecule has 208 valence electrons. The molecule has 0 aliphatic rings. The van der Waals surface area contributed by atoms with Crippen LogP contribution in [0.4, 0.5) is 10.1 Å². The molecule has 0 unspecified atom stereocenters. The van der Waals surface area contributed by atoms with E-state index < -0.39 is 11.7 Å². The number of benzene rings is 4. The van der Waals surface area contributed by atoms with Crippen LogP contribution < -0.4 is 15.6 Å². The van der Waals surface area contributed by atoms with E-state index in [-0.39, 0.29) is 23.7 Å². The summed E-state index contributed by atoms with van der Waals surface area (Å²) in [5.74, 6) is 0.111. The highest BCUT2D eigenvalue weighted by molar-refractivity contribution is 14.1. The zero-order valence-electron chi connectivity index (χ0n) is 21.6. The fourth-order valence-corrected chi connectivity index (χ4v) is 5.32. The van der Waals surface area contributed by atoms with Crippen molar-refractivity contribution < 1.29 is 18.3 Å². The Hall–Kier alpha value is -4.36. The van der Waals surface area contributed by atoms with Crippen molar-refractivity contribution >= 4 is 78.2 Å². The van der Waals surface area contributed by atoms with Crippen LogP contribution in [0, 0.1) is 9.39 Å². The third-order valence-corrected chi connectivity index (χ3v) is 7.57. The third kappa shape index (κ3) is 5.83. The van der Waals surface area contributed by atoms with Gasteiger partial charge in [-0.2, -0.15) is 9.78 Å². The second kappa shape index (κ2) is 11.9. The minimum Gasteiger partial charge on any atom is -0.483 e. The van der Waals surface area contributed by atoms with Crippen LogP contribution in [-0.4, -0.2) is 28.4 Å². The highest BCUT2D eigenvalue weighted by atomic mass is 127. The van der Waals surface area contributed by atoms with E-state index in [1.165, 1.54) is 23.0 Å². The first-order chi connectivity index (χ1) is 20.4. The Morgan fingerprint density at radius 3 is 2.71 bits per heavy atom. The molecule has 2 aromatic heterocycles. The lowest BCUT2D eigenvalue weighted by Gasteiger charge is -2.10. The standard InChI is InChI=1S/C31H19BrFIN4O4/c32-20-10-12-26-19(14-20)15-28(42-26)30-37-24-7-3-1-5-21(24)31(40)38(30)35-16-18-9-11-27(23(34)13-18)41-17-29(39)36-25-8-4-2-6-22(25)33/h1-16H,17H2,(H,36,39). The Kier molecular flexibility index (Phi) is 7.85. The number of anilines is 1. The monoisotopic (exact) mass is 736 g/mol. The average molecular weight is 737 g/mol. The van der Waals surface area contributed by atoms with Gasteiger partial charge in [0.05, 0.1) is 26.4 Å². The molecule has 6 rings (SSSR count). The molecule has 0 saturated heterocycles. The Morgan fingerprint density at radius 2 is 1.88 bits per heavy atom. The van der Waals surface area contributed by atoms with Gasteiger partial charge in [0.15, 0.2) is 12.4 Å². The number of hydrogen-bond donors (Lipinski definition) is 1.